The summed E-state index contributed by atoms with van der Waals surface area (Å²) in [7, 11) is -3.60. The number of anilines is 2. The van der Waals surface area contributed by atoms with E-state index in [0.717, 1.165) is 23.3 Å². The fourth-order valence-corrected chi connectivity index (χ4v) is 5.15. The number of halogens is 4. The Hall–Kier alpha value is -2.84. The molecule has 2 aromatic carbocycles. The van der Waals surface area contributed by atoms with Crippen LogP contribution in [0.4, 0.5) is 24.7 Å². The van der Waals surface area contributed by atoms with Crippen LogP contribution in [0.25, 0.3) is 22.2 Å². The predicted molar refractivity (Wildman–Crippen MR) is 141 cm³/mol. The van der Waals surface area contributed by atoms with Gasteiger partial charge in [-0.15, -0.1) is 0 Å². The summed E-state index contributed by atoms with van der Waals surface area (Å²) >= 11 is 2.25. The molecule has 0 aliphatic heterocycles. The molecule has 2 N–H and O–H groups in total. The topological polar surface area (TPSA) is 96.9 Å². The van der Waals surface area contributed by atoms with Gasteiger partial charge in [0.25, 0.3) is 0 Å². The fourth-order valence-electron chi connectivity index (χ4n) is 3.53. The average Bonchev–Trinajstić information content (AvgIpc) is 2.86. The molecule has 12 heteroatoms. The SMILES string of the molecule is O=S(=O)(NCCCCI)c1ccc(Nc2ncnc3cc(-c4ncccc4C(F)(F)F)ccc23)cc1. The summed E-state index contributed by atoms with van der Waals surface area (Å²) in [6, 6.07) is 13.1. The van der Waals surface area contributed by atoms with Crippen molar-refractivity contribution in [2.24, 2.45) is 0 Å². The van der Waals surface area contributed by atoms with E-state index in [9.17, 15) is 21.6 Å². The summed E-state index contributed by atoms with van der Waals surface area (Å²) in [5.74, 6) is 0.427. The Morgan fingerprint density at radius 3 is 2.44 bits per heavy atom. The van der Waals surface area contributed by atoms with E-state index in [1.165, 1.54) is 42.9 Å². The van der Waals surface area contributed by atoms with Gasteiger partial charge in [0, 0.05) is 29.4 Å². The molecule has 0 spiro atoms. The van der Waals surface area contributed by atoms with Gasteiger partial charge in [-0.25, -0.2) is 23.1 Å². The molecule has 36 heavy (non-hydrogen) atoms. The van der Waals surface area contributed by atoms with Crippen LogP contribution in [0.3, 0.4) is 0 Å². The first kappa shape index (κ1) is 26.2. The maximum atomic E-state index is 13.4. The monoisotopic (exact) mass is 627 g/mol. The highest BCUT2D eigenvalue weighted by atomic mass is 127. The number of benzene rings is 2. The van der Waals surface area contributed by atoms with Crippen LogP contribution in [0.1, 0.15) is 18.4 Å². The molecule has 0 atom stereocenters. The highest BCUT2D eigenvalue weighted by Crippen LogP contribution is 2.36. The highest BCUT2D eigenvalue weighted by Gasteiger charge is 2.34. The van der Waals surface area contributed by atoms with Crippen LogP contribution in [0.15, 0.2) is 72.0 Å². The molecule has 0 saturated heterocycles. The van der Waals surface area contributed by atoms with Crippen molar-refractivity contribution in [1.29, 1.82) is 0 Å². The second kappa shape index (κ2) is 11.0. The summed E-state index contributed by atoms with van der Waals surface area (Å²) in [5.41, 5.74) is 0.289. The van der Waals surface area contributed by atoms with Gasteiger partial charge in [-0.3, -0.25) is 4.98 Å². The average molecular weight is 627 g/mol. The highest BCUT2D eigenvalue weighted by molar-refractivity contribution is 14.1. The molecule has 0 radical (unpaired) electrons. The molecule has 7 nitrogen and oxygen atoms in total. The van der Waals surface area contributed by atoms with E-state index >= 15 is 0 Å². The van der Waals surface area contributed by atoms with Gasteiger partial charge in [-0.05, 0) is 65.8 Å². The van der Waals surface area contributed by atoms with Crippen LogP contribution in [0.5, 0.6) is 0 Å². The van der Waals surface area contributed by atoms with Crippen LogP contribution in [0, 0.1) is 0 Å². The first-order valence-corrected chi connectivity index (χ1v) is 13.9. The van der Waals surface area contributed by atoms with E-state index in [0.29, 0.717) is 29.0 Å². The van der Waals surface area contributed by atoms with Crippen LogP contribution in [-0.2, 0) is 16.2 Å². The summed E-state index contributed by atoms with van der Waals surface area (Å²) in [6.45, 7) is 0.378. The number of nitrogens with zero attached hydrogens (tertiary/aromatic N) is 3. The third-order valence-electron chi connectivity index (χ3n) is 5.30. The Kier molecular flexibility index (Phi) is 8.05. The van der Waals surface area contributed by atoms with Gasteiger partial charge >= 0.3 is 6.18 Å². The number of fused-ring (bicyclic) bond motifs is 1. The van der Waals surface area contributed by atoms with E-state index in [1.807, 2.05) is 0 Å². The zero-order valence-electron chi connectivity index (χ0n) is 18.8. The number of pyridine rings is 1. The van der Waals surface area contributed by atoms with Crippen molar-refractivity contribution in [3.05, 3.63) is 72.7 Å². The predicted octanol–water partition coefficient (Wildman–Crippen LogP) is 5.95. The van der Waals surface area contributed by atoms with Crippen molar-refractivity contribution >= 4 is 55.0 Å². The third kappa shape index (κ3) is 6.10. The molecule has 0 fully saturated rings. The molecule has 2 aromatic heterocycles. The number of hydrogen-bond donors (Lipinski definition) is 2. The van der Waals surface area contributed by atoms with Gasteiger partial charge in [-0.1, -0.05) is 28.7 Å². The van der Waals surface area contributed by atoms with Crippen LogP contribution in [0.2, 0.25) is 0 Å². The molecule has 0 bridgehead atoms. The van der Waals surface area contributed by atoms with Gasteiger partial charge in [0.15, 0.2) is 0 Å². The molecule has 0 amide bonds. The third-order valence-corrected chi connectivity index (χ3v) is 7.54. The number of hydrogen-bond acceptors (Lipinski definition) is 6. The molecule has 188 valence electrons. The van der Waals surface area contributed by atoms with E-state index in [-0.39, 0.29) is 16.2 Å². The zero-order chi connectivity index (χ0) is 25.8. The number of nitrogens with one attached hydrogen (secondary N) is 2. The molecule has 2 heterocycles. The molecule has 0 unspecified atom stereocenters. The quantitative estimate of drug-likeness (QED) is 0.135. The van der Waals surface area contributed by atoms with Crippen molar-refractivity contribution in [1.82, 2.24) is 19.7 Å². The summed E-state index contributed by atoms with van der Waals surface area (Å²) in [6.07, 6.45) is -0.225. The van der Waals surface area contributed by atoms with E-state index in [1.54, 1.807) is 18.2 Å². The summed E-state index contributed by atoms with van der Waals surface area (Å²) < 4.78 is 68.7. The normalized spacial score (nSPS) is 12.1. The molecule has 4 rings (SSSR count). The molecule has 4 aromatic rings. The minimum Gasteiger partial charge on any atom is -0.340 e. The molecular formula is C24H21F3IN5O2S. The Morgan fingerprint density at radius 2 is 1.72 bits per heavy atom. The summed E-state index contributed by atoms with van der Waals surface area (Å²) in [5, 5.41) is 3.70. The van der Waals surface area contributed by atoms with Gasteiger partial charge in [-0.2, -0.15) is 13.2 Å². The van der Waals surface area contributed by atoms with E-state index < -0.39 is 21.8 Å². The smallest absolute Gasteiger partial charge is 0.340 e. The van der Waals surface area contributed by atoms with Gasteiger partial charge < -0.3 is 5.32 Å². The summed E-state index contributed by atoms with van der Waals surface area (Å²) in [4.78, 5) is 12.5. The molecule has 0 saturated carbocycles. The van der Waals surface area contributed by atoms with Crippen LogP contribution >= 0.6 is 22.6 Å². The molecular weight excluding hydrogens is 606 g/mol. The lowest BCUT2D eigenvalue weighted by Gasteiger charge is -2.13. The fraction of sp³-hybridized carbons (Fsp3) is 0.208. The second-order valence-electron chi connectivity index (χ2n) is 7.79. The maximum absolute atomic E-state index is 13.4. The van der Waals surface area contributed by atoms with Crippen molar-refractivity contribution in [3.63, 3.8) is 0 Å². The van der Waals surface area contributed by atoms with Crippen LogP contribution in [-0.4, -0.2) is 34.3 Å². The number of alkyl halides is 4. The Morgan fingerprint density at radius 1 is 0.944 bits per heavy atom. The number of sulfonamides is 1. The van der Waals surface area contributed by atoms with Gasteiger partial charge in [0.2, 0.25) is 10.0 Å². The van der Waals surface area contributed by atoms with E-state index in [4.69, 9.17) is 0 Å². The first-order chi connectivity index (χ1) is 17.2. The number of unbranched alkanes of at least 4 members (excludes halogenated alkanes) is 1. The lowest BCUT2D eigenvalue weighted by atomic mass is 10.0. The van der Waals surface area contributed by atoms with Crippen molar-refractivity contribution in [3.8, 4) is 11.3 Å². The standard InChI is InChI=1S/C24H21F3IN5O2S/c25-24(26,27)20-4-3-12-29-22(20)16-5-10-19-21(14-16)30-15-31-23(19)33-17-6-8-18(9-7-17)36(34,35)32-13-2-1-11-28/h3-10,12,14-15,32H,1-2,11,13H2,(H,30,31,33). The molecule has 0 aliphatic rings. The molecule has 0 aliphatic carbocycles. The maximum Gasteiger partial charge on any atom is 0.418 e. The second-order valence-corrected chi connectivity index (χ2v) is 10.6. The first-order valence-electron chi connectivity index (χ1n) is 10.9. The van der Waals surface area contributed by atoms with Crippen molar-refractivity contribution in [2.45, 2.75) is 23.9 Å². The van der Waals surface area contributed by atoms with Crippen molar-refractivity contribution < 1.29 is 21.6 Å². The number of rotatable bonds is 9. The Bertz CT molecular complexity index is 1470. The lowest BCUT2D eigenvalue weighted by molar-refractivity contribution is -0.137. The van der Waals surface area contributed by atoms with E-state index in [2.05, 4.69) is 47.6 Å². The Balaban J connectivity index is 1.57. The number of aromatic nitrogens is 3. The van der Waals surface area contributed by atoms with Gasteiger partial charge in [0.05, 0.1) is 21.7 Å². The Labute approximate surface area is 219 Å². The van der Waals surface area contributed by atoms with Crippen molar-refractivity contribution in [2.75, 3.05) is 16.3 Å². The zero-order valence-corrected chi connectivity index (χ0v) is 21.7. The van der Waals surface area contributed by atoms with Gasteiger partial charge in [0.1, 0.15) is 12.1 Å². The minimum absolute atomic E-state index is 0.149. The van der Waals surface area contributed by atoms with Crippen LogP contribution < -0.4 is 10.0 Å². The lowest BCUT2D eigenvalue weighted by Crippen LogP contribution is -2.24. The minimum atomic E-state index is -4.54. The largest absolute Gasteiger partial charge is 0.418 e.